The van der Waals surface area contributed by atoms with Crippen molar-refractivity contribution in [3.63, 3.8) is 0 Å². The molecule has 21 heavy (non-hydrogen) atoms. The molecule has 6 heteroatoms. The number of esters is 1. The van der Waals surface area contributed by atoms with Crippen molar-refractivity contribution in [1.29, 1.82) is 0 Å². The summed E-state index contributed by atoms with van der Waals surface area (Å²) in [6.45, 7) is 3.84. The zero-order valence-corrected chi connectivity index (χ0v) is 14.0. The standard InChI is InChI=1S/C15H17BrN2O3/c1-5-13-17-14(15(19)21-4)9(2)18(13)11-7-6-10(16)8-12(11)20-3/h6-8H,5H2,1-4H3. The molecule has 0 saturated heterocycles. The maximum absolute atomic E-state index is 11.8. The van der Waals surface area contributed by atoms with Gasteiger partial charge in [0, 0.05) is 10.9 Å². The number of ether oxygens (including phenoxy) is 2. The Kier molecular flexibility index (Phi) is 4.67. The van der Waals surface area contributed by atoms with Crippen molar-refractivity contribution in [3.8, 4) is 11.4 Å². The topological polar surface area (TPSA) is 53.3 Å². The van der Waals surface area contributed by atoms with Gasteiger partial charge in [0.05, 0.1) is 25.6 Å². The Morgan fingerprint density at radius 2 is 2.10 bits per heavy atom. The smallest absolute Gasteiger partial charge is 0.358 e. The highest BCUT2D eigenvalue weighted by atomic mass is 79.9. The van der Waals surface area contributed by atoms with E-state index in [2.05, 4.69) is 20.9 Å². The van der Waals surface area contributed by atoms with E-state index >= 15 is 0 Å². The average molecular weight is 353 g/mol. The van der Waals surface area contributed by atoms with Gasteiger partial charge in [0.15, 0.2) is 5.69 Å². The third kappa shape index (κ3) is 2.81. The van der Waals surface area contributed by atoms with Crippen molar-refractivity contribution < 1.29 is 14.3 Å². The molecule has 0 aliphatic carbocycles. The molecule has 0 bridgehead atoms. The molecule has 0 spiro atoms. The number of carbonyl (C=O) groups is 1. The number of aromatic nitrogens is 2. The lowest BCUT2D eigenvalue weighted by Gasteiger charge is -2.14. The van der Waals surface area contributed by atoms with Crippen LogP contribution in [-0.4, -0.2) is 29.7 Å². The van der Waals surface area contributed by atoms with Gasteiger partial charge in [0.25, 0.3) is 0 Å². The Morgan fingerprint density at radius 1 is 1.38 bits per heavy atom. The first-order valence-electron chi connectivity index (χ1n) is 6.53. The largest absolute Gasteiger partial charge is 0.495 e. The molecule has 0 amide bonds. The molecule has 0 radical (unpaired) electrons. The number of hydrogen-bond donors (Lipinski definition) is 0. The molecule has 1 heterocycles. The Bertz CT molecular complexity index is 680. The van der Waals surface area contributed by atoms with Crippen LogP contribution in [0.3, 0.4) is 0 Å². The third-order valence-electron chi connectivity index (χ3n) is 3.25. The minimum absolute atomic E-state index is 0.333. The number of hydrogen-bond acceptors (Lipinski definition) is 4. The van der Waals surface area contributed by atoms with Crippen LogP contribution in [0.25, 0.3) is 5.69 Å². The van der Waals surface area contributed by atoms with Crippen LogP contribution in [0.15, 0.2) is 22.7 Å². The Hall–Kier alpha value is -1.82. The molecule has 0 aliphatic heterocycles. The summed E-state index contributed by atoms with van der Waals surface area (Å²) in [5.74, 6) is 1.06. The molecular weight excluding hydrogens is 336 g/mol. The zero-order valence-electron chi connectivity index (χ0n) is 12.4. The van der Waals surface area contributed by atoms with Crippen LogP contribution in [0.4, 0.5) is 0 Å². The van der Waals surface area contributed by atoms with Crippen molar-refractivity contribution >= 4 is 21.9 Å². The van der Waals surface area contributed by atoms with E-state index in [1.54, 1.807) is 7.11 Å². The molecular formula is C15H17BrN2O3. The lowest BCUT2D eigenvalue weighted by molar-refractivity contribution is 0.0593. The molecule has 1 aromatic heterocycles. The van der Waals surface area contributed by atoms with Gasteiger partial charge in [-0.25, -0.2) is 9.78 Å². The van der Waals surface area contributed by atoms with Crippen LogP contribution >= 0.6 is 15.9 Å². The van der Waals surface area contributed by atoms with Crippen LogP contribution in [0.1, 0.15) is 28.9 Å². The summed E-state index contributed by atoms with van der Waals surface area (Å²) >= 11 is 3.42. The summed E-state index contributed by atoms with van der Waals surface area (Å²) < 4.78 is 13.1. The number of nitrogens with zero attached hydrogens (tertiary/aromatic N) is 2. The third-order valence-corrected chi connectivity index (χ3v) is 3.75. The van der Waals surface area contributed by atoms with Gasteiger partial charge in [-0.1, -0.05) is 22.9 Å². The Balaban J connectivity index is 2.69. The SMILES string of the molecule is CCc1nc(C(=O)OC)c(C)n1-c1ccc(Br)cc1OC. The van der Waals surface area contributed by atoms with Gasteiger partial charge in [-0.05, 0) is 25.1 Å². The fourth-order valence-electron chi connectivity index (χ4n) is 2.24. The van der Waals surface area contributed by atoms with Gasteiger partial charge in [0.1, 0.15) is 11.6 Å². The molecule has 1 aromatic carbocycles. The summed E-state index contributed by atoms with van der Waals surface area (Å²) in [5.41, 5.74) is 1.91. The van der Waals surface area contributed by atoms with Crippen LogP contribution in [0.2, 0.25) is 0 Å². The van der Waals surface area contributed by atoms with Crippen LogP contribution in [0, 0.1) is 6.92 Å². The van der Waals surface area contributed by atoms with Crippen molar-refractivity contribution in [3.05, 3.63) is 39.9 Å². The van der Waals surface area contributed by atoms with Crippen LogP contribution in [-0.2, 0) is 11.2 Å². The molecule has 0 N–H and O–H groups in total. The summed E-state index contributed by atoms with van der Waals surface area (Å²) in [6.07, 6.45) is 0.692. The number of imidazole rings is 1. The van der Waals surface area contributed by atoms with E-state index in [1.807, 2.05) is 36.6 Å². The highest BCUT2D eigenvalue weighted by Gasteiger charge is 2.21. The van der Waals surface area contributed by atoms with Gasteiger partial charge in [-0.15, -0.1) is 0 Å². The molecule has 0 aliphatic rings. The van der Waals surface area contributed by atoms with Gasteiger partial charge in [0.2, 0.25) is 0 Å². The first-order valence-corrected chi connectivity index (χ1v) is 7.33. The number of aryl methyl sites for hydroxylation is 1. The summed E-state index contributed by atoms with van der Waals surface area (Å²) in [5, 5.41) is 0. The molecule has 0 fully saturated rings. The zero-order chi connectivity index (χ0) is 15.6. The second kappa shape index (κ2) is 6.30. The number of halogens is 1. The van der Waals surface area contributed by atoms with Gasteiger partial charge in [-0.2, -0.15) is 0 Å². The maximum Gasteiger partial charge on any atom is 0.358 e. The predicted molar refractivity (Wildman–Crippen MR) is 83.3 cm³/mol. The number of benzene rings is 1. The fourth-order valence-corrected chi connectivity index (χ4v) is 2.58. The lowest BCUT2D eigenvalue weighted by Crippen LogP contribution is -2.06. The quantitative estimate of drug-likeness (QED) is 0.792. The van der Waals surface area contributed by atoms with E-state index in [1.165, 1.54) is 7.11 Å². The lowest BCUT2D eigenvalue weighted by atomic mass is 10.2. The molecule has 5 nitrogen and oxygen atoms in total. The first kappa shape index (κ1) is 15.6. The number of methoxy groups -OCH3 is 2. The molecule has 2 rings (SSSR count). The van der Waals surface area contributed by atoms with E-state index in [9.17, 15) is 4.79 Å². The maximum atomic E-state index is 11.8. The number of carbonyl (C=O) groups excluding carboxylic acids is 1. The molecule has 0 atom stereocenters. The predicted octanol–water partition coefficient (Wildman–Crippen LogP) is 3.30. The highest BCUT2D eigenvalue weighted by molar-refractivity contribution is 9.10. The van der Waals surface area contributed by atoms with Crippen molar-refractivity contribution in [2.24, 2.45) is 0 Å². The van der Waals surface area contributed by atoms with E-state index in [0.29, 0.717) is 17.9 Å². The van der Waals surface area contributed by atoms with Crippen molar-refractivity contribution in [1.82, 2.24) is 9.55 Å². The monoisotopic (exact) mass is 352 g/mol. The van der Waals surface area contributed by atoms with Crippen molar-refractivity contribution in [2.45, 2.75) is 20.3 Å². The first-order chi connectivity index (χ1) is 10.0. The second-order valence-corrected chi connectivity index (χ2v) is 5.37. The van der Waals surface area contributed by atoms with Gasteiger partial charge in [-0.3, -0.25) is 4.57 Å². The number of rotatable bonds is 4. The molecule has 0 unspecified atom stereocenters. The van der Waals surface area contributed by atoms with Crippen molar-refractivity contribution in [2.75, 3.05) is 14.2 Å². The molecule has 0 saturated carbocycles. The van der Waals surface area contributed by atoms with E-state index in [-0.39, 0.29) is 0 Å². The van der Waals surface area contributed by atoms with E-state index in [0.717, 1.165) is 21.7 Å². The van der Waals surface area contributed by atoms with Crippen LogP contribution in [0.5, 0.6) is 5.75 Å². The Labute approximate surface area is 132 Å². The minimum Gasteiger partial charge on any atom is -0.495 e. The van der Waals surface area contributed by atoms with Crippen LogP contribution < -0.4 is 4.74 Å². The summed E-state index contributed by atoms with van der Waals surface area (Å²) in [6, 6.07) is 5.73. The second-order valence-electron chi connectivity index (χ2n) is 4.46. The molecule has 2 aromatic rings. The van der Waals surface area contributed by atoms with E-state index < -0.39 is 5.97 Å². The fraction of sp³-hybridized carbons (Fsp3) is 0.333. The Morgan fingerprint density at radius 3 is 2.67 bits per heavy atom. The average Bonchev–Trinajstić information content (AvgIpc) is 2.83. The normalized spacial score (nSPS) is 10.5. The minimum atomic E-state index is -0.433. The molecule has 112 valence electrons. The van der Waals surface area contributed by atoms with Gasteiger partial charge >= 0.3 is 5.97 Å². The highest BCUT2D eigenvalue weighted by Crippen LogP contribution is 2.30. The summed E-state index contributed by atoms with van der Waals surface area (Å²) in [4.78, 5) is 16.2. The van der Waals surface area contributed by atoms with Gasteiger partial charge < -0.3 is 9.47 Å². The van der Waals surface area contributed by atoms with E-state index in [4.69, 9.17) is 9.47 Å². The summed E-state index contributed by atoms with van der Waals surface area (Å²) in [7, 11) is 2.97.